The third kappa shape index (κ3) is 5.97. The summed E-state index contributed by atoms with van der Waals surface area (Å²) in [5.41, 5.74) is 0. The molecule has 0 aromatic carbocycles. The van der Waals surface area contributed by atoms with Crippen LogP contribution >= 0.6 is 22.6 Å². The molecule has 0 saturated carbocycles. The molecular weight excluding hydrogens is 355 g/mol. The summed E-state index contributed by atoms with van der Waals surface area (Å²) in [4.78, 5) is 10.9. The minimum Gasteiger partial charge on any atom is -0.413 e. The van der Waals surface area contributed by atoms with E-state index in [1.807, 2.05) is 0 Å². The highest BCUT2D eigenvalue weighted by Gasteiger charge is 2.39. The number of rotatable bonds is 6. The Balaban J connectivity index is 4.93. The van der Waals surface area contributed by atoms with Gasteiger partial charge in [0.2, 0.25) is 0 Å². The molecule has 0 spiro atoms. The lowest BCUT2D eigenvalue weighted by molar-refractivity contribution is -0.109. The minimum atomic E-state index is -1.81. The first-order valence-corrected chi connectivity index (χ1v) is 10.5. The minimum absolute atomic E-state index is 0.00751. The number of carbonyl (C=O) groups is 1. The van der Waals surface area contributed by atoms with Crippen molar-refractivity contribution in [2.75, 3.05) is 0 Å². The van der Waals surface area contributed by atoms with Crippen LogP contribution in [0.25, 0.3) is 0 Å². The number of hydrogen-bond acceptors (Lipinski definition) is 2. The first-order valence-electron chi connectivity index (χ1n) is 6.46. The van der Waals surface area contributed by atoms with Crippen LogP contribution in [0.1, 0.15) is 41.0 Å². The molecule has 0 aliphatic rings. The van der Waals surface area contributed by atoms with Gasteiger partial charge in [-0.1, -0.05) is 33.8 Å². The number of aldehydes is 1. The van der Waals surface area contributed by atoms with Gasteiger partial charge in [0.15, 0.2) is 8.32 Å². The second-order valence-corrected chi connectivity index (χ2v) is 12.9. The number of carbonyl (C=O) groups excluding carboxylic acids is 1. The molecule has 0 bridgehead atoms. The van der Waals surface area contributed by atoms with E-state index < -0.39 is 8.32 Å². The molecule has 0 aromatic heterocycles. The van der Waals surface area contributed by atoms with Crippen molar-refractivity contribution in [2.24, 2.45) is 5.92 Å². The topological polar surface area (TPSA) is 26.3 Å². The van der Waals surface area contributed by atoms with E-state index in [0.29, 0.717) is 6.42 Å². The van der Waals surface area contributed by atoms with Crippen LogP contribution in [-0.4, -0.2) is 20.7 Å². The molecule has 106 valence electrons. The van der Waals surface area contributed by atoms with Crippen molar-refractivity contribution in [3.05, 3.63) is 9.66 Å². The molecule has 0 amide bonds. The van der Waals surface area contributed by atoms with Gasteiger partial charge in [-0.2, -0.15) is 0 Å². The molecule has 4 heteroatoms. The number of halogens is 1. The van der Waals surface area contributed by atoms with Crippen molar-refractivity contribution >= 4 is 37.2 Å². The van der Waals surface area contributed by atoms with E-state index in [1.54, 1.807) is 0 Å². The molecule has 0 saturated heterocycles. The standard InChI is InChI=1S/C14H27IO2Si/c1-11(10-12(2)15)13(8-9-16)17-18(6,7)14(3,4)5/h9-11,13H,8H2,1-7H3/b12-10+/t11-,13-/m0/s1. The van der Waals surface area contributed by atoms with Crippen LogP contribution in [0, 0.1) is 5.92 Å². The third-order valence-electron chi connectivity index (χ3n) is 3.66. The first-order chi connectivity index (χ1) is 8.01. The predicted molar refractivity (Wildman–Crippen MR) is 89.7 cm³/mol. The summed E-state index contributed by atoms with van der Waals surface area (Å²) in [6, 6.07) is 0. The van der Waals surface area contributed by atoms with E-state index in [0.717, 1.165) is 6.29 Å². The zero-order valence-corrected chi connectivity index (χ0v) is 15.9. The van der Waals surface area contributed by atoms with Crippen LogP contribution in [0.3, 0.4) is 0 Å². The normalized spacial score (nSPS) is 17.4. The smallest absolute Gasteiger partial charge is 0.192 e. The van der Waals surface area contributed by atoms with Gasteiger partial charge in [0.1, 0.15) is 6.29 Å². The SMILES string of the molecule is C/C(I)=C\[C@H](C)[C@H](CC=O)O[Si](C)(C)C(C)(C)C. The largest absolute Gasteiger partial charge is 0.413 e. The average molecular weight is 382 g/mol. The van der Waals surface area contributed by atoms with Crippen LogP contribution < -0.4 is 0 Å². The zero-order valence-electron chi connectivity index (χ0n) is 12.7. The molecule has 0 aliphatic heterocycles. The molecule has 0 aromatic rings. The molecular formula is C14H27IO2Si. The van der Waals surface area contributed by atoms with Crippen molar-refractivity contribution in [3.8, 4) is 0 Å². The molecule has 0 rings (SSSR count). The molecule has 0 N–H and O–H groups in total. The summed E-state index contributed by atoms with van der Waals surface area (Å²) in [5, 5.41) is 0.178. The van der Waals surface area contributed by atoms with Crippen molar-refractivity contribution in [3.63, 3.8) is 0 Å². The van der Waals surface area contributed by atoms with Gasteiger partial charge < -0.3 is 9.22 Å². The summed E-state index contributed by atoms with van der Waals surface area (Å²) in [6.45, 7) is 15.3. The van der Waals surface area contributed by atoms with Gasteiger partial charge in [0, 0.05) is 12.3 Å². The maximum absolute atomic E-state index is 10.9. The van der Waals surface area contributed by atoms with Crippen molar-refractivity contribution < 1.29 is 9.22 Å². The monoisotopic (exact) mass is 382 g/mol. The van der Waals surface area contributed by atoms with Crippen molar-refractivity contribution in [1.82, 2.24) is 0 Å². The predicted octanol–water partition coefficient (Wildman–Crippen LogP) is 4.94. The van der Waals surface area contributed by atoms with Gasteiger partial charge in [0.25, 0.3) is 0 Å². The Bertz CT molecular complexity index is 301. The summed E-state index contributed by atoms with van der Waals surface area (Å²) in [5.74, 6) is 0.279. The zero-order chi connectivity index (χ0) is 14.6. The highest BCUT2D eigenvalue weighted by molar-refractivity contribution is 14.1. The van der Waals surface area contributed by atoms with Gasteiger partial charge in [-0.15, -0.1) is 0 Å². The van der Waals surface area contributed by atoms with E-state index in [9.17, 15) is 4.79 Å². The molecule has 0 aliphatic carbocycles. The highest BCUT2D eigenvalue weighted by Crippen LogP contribution is 2.38. The second-order valence-electron chi connectivity index (χ2n) is 6.43. The lowest BCUT2D eigenvalue weighted by atomic mass is 10.0. The van der Waals surface area contributed by atoms with Crippen LogP contribution in [0.4, 0.5) is 0 Å². The quantitative estimate of drug-likeness (QED) is 0.370. The maximum Gasteiger partial charge on any atom is 0.192 e. The van der Waals surface area contributed by atoms with Crippen LogP contribution in [0.2, 0.25) is 18.1 Å². The third-order valence-corrected chi connectivity index (χ3v) is 8.52. The molecule has 0 heterocycles. The molecule has 18 heavy (non-hydrogen) atoms. The summed E-state index contributed by atoms with van der Waals surface area (Å²) in [7, 11) is -1.81. The number of hydrogen-bond donors (Lipinski definition) is 0. The van der Waals surface area contributed by atoms with Crippen LogP contribution in [-0.2, 0) is 9.22 Å². The Hall–Kier alpha value is 0.317. The molecule has 0 unspecified atom stereocenters. The fourth-order valence-corrected chi connectivity index (χ4v) is 3.48. The van der Waals surface area contributed by atoms with Gasteiger partial charge >= 0.3 is 0 Å². The Morgan fingerprint density at radius 1 is 1.39 bits per heavy atom. The summed E-state index contributed by atoms with van der Waals surface area (Å²) >= 11 is 2.30. The van der Waals surface area contributed by atoms with E-state index in [-0.39, 0.29) is 17.1 Å². The Morgan fingerprint density at radius 3 is 2.22 bits per heavy atom. The average Bonchev–Trinajstić information content (AvgIpc) is 2.13. The molecule has 2 nitrogen and oxygen atoms in total. The molecule has 0 fully saturated rings. The fraction of sp³-hybridized carbons (Fsp3) is 0.786. The van der Waals surface area contributed by atoms with Crippen LogP contribution in [0.5, 0.6) is 0 Å². The van der Waals surface area contributed by atoms with E-state index in [4.69, 9.17) is 4.43 Å². The Labute approximate surface area is 127 Å². The number of allylic oxidation sites excluding steroid dienone is 1. The molecule has 2 atom stereocenters. The van der Waals surface area contributed by atoms with Gasteiger partial charge in [0.05, 0.1) is 6.10 Å². The Morgan fingerprint density at radius 2 is 1.89 bits per heavy atom. The van der Waals surface area contributed by atoms with Gasteiger partial charge in [-0.3, -0.25) is 0 Å². The van der Waals surface area contributed by atoms with Crippen molar-refractivity contribution in [1.29, 1.82) is 0 Å². The van der Waals surface area contributed by atoms with E-state index in [2.05, 4.69) is 76.4 Å². The highest BCUT2D eigenvalue weighted by atomic mass is 127. The Kier molecular flexibility index (Phi) is 7.32. The maximum atomic E-state index is 10.9. The molecule has 0 radical (unpaired) electrons. The van der Waals surface area contributed by atoms with Crippen molar-refractivity contribution in [2.45, 2.75) is 65.3 Å². The first kappa shape index (κ1) is 18.3. The lowest BCUT2D eigenvalue weighted by Crippen LogP contribution is -2.45. The fourth-order valence-electron chi connectivity index (χ4n) is 1.49. The van der Waals surface area contributed by atoms with E-state index in [1.165, 1.54) is 3.58 Å². The second kappa shape index (κ2) is 7.19. The summed E-state index contributed by atoms with van der Waals surface area (Å²) < 4.78 is 7.61. The lowest BCUT2D eigenvalue weighted by Gasteiger charge is -2.40. The summed E-state index contributed by atoms with van der Waals surface area (Å²) in [6.07, 6.45) is 3.65. The van der Waals surface area contributed by atoms with Gasteiger partial charge in [-0.25, -0.2) is 0 Å². The van der Waals surface area contributed by atoms with Gasteiger partial charge in [-0.05, 0) is 51.2 Å². The van der Waals surface area contributed by atoms with E-state index >= 15 is 0 Å². The van der Waals surface area contributed by atoms with Crippen LogP contribution in [0.15, 0.2) is 9.66 Å².